The van der Waals surface area contributed by atoms with Crippen LogP contribution in [0, 0.1) is 6.92 Å². The van der Waals surface area contributed by atoms with Crippen LogP contribution < -0.4 is 10.1 Å². The smallest absolute Gasteiger partial charge is 0.133 e. The molecule has 0 unspecified atom stereocenters. The summed E-state index contributed by atoms with van der Waals surface area (Å²) in [6, 6.07) is 10.2. The van der Waals surface area contributed by atoms with Crippen molar-refractivity contribution in [1.29, 1.82) is 0 Å². The number of para-hydroxylation sites is 1. The van der Waals surface area contributed by atoms with Crippen LogP contribution >= 0.6 is 11.8 Å². The van der Waals surface area contributed by atoms with Gasteiger partial charge >= 0.3 is 0 Å². The van der Waals surface area contributed by atoms with Crippen molar-refractivity contribution in [2.24, 2.45) is 0 Å². The molecule has 0 radical (unpaired) electrons. The van der Waals surface area contributed by atoms with Gasteiger partial charge in [-0.2, -0.15) is 0 Å². The lowest BCUT2D eigenvalue weighted by Gasteiger charge is -2.08. The molecule has 0 atom stereocenters. The summed E-state index contributed by atoms with van der Waals surface area (Å²) in [6.07, 6.45) is 2.06. The van der Waals surface area contributed by atoms with Crippen LogP contribution in [0.5, 0.6) is 5.75 Å². The summed E-state index contributed by atoms with van der Waals surface area (Å²) in [7, 11) is 0. The zero-order valence-corrected chi connectivity index (χ0v) is 13.0. The Kier molecular flexibility index (Phi) is 5.56. The lowest BCUT2D eigenvalue weighted by molar-refractivity contribution is 0.296. The molecule has 1 heterocycles. The third-order valence-electron chi connectivity index (χ3n) is 3.07. The highest BCUT2D eigenvalue weighted by molar-refractivity contribution is 7.98. The molecule has 1 aromatic carbocycles. The predicted molar refractivity (Wildman–Crippen MR) is 83.4 cm³/mol. The van der Waals surface area contributed by atoms with Crippen molar-refractivity contribution in [2.75, 3.05) is 12.8 Å². The van der Waals surface area contributed by atoms with Gasteiger partial charge in [-0.1, -0.05) is 19.1 Å². The van der Waals surface area contributed by atoms with E-state index in [0.29, 0.717) is 6.61 Å². The Morgan fingerprint density at radius 3 is 2.85 bits per heavy atom. The summed E-state index contributed by atoms with van der Waals surface area (Å²) in [5.74, 6) is 2.81. The van der Waals surface area contributed by atoms with E-state index in [-0.39, 0.29) is 0 Å². The van der Waals surface area contributed by atoms with Crippen LogP contribution in [0.15, 0.2) is 39.6 Å². The number of ether oxygens (including phenoxy) is 1. The average Bonchev–Trinajstić information content (AvgIpc) is 2.83. The molecule has 2 rings (SSSR count). The Bertz CT molecular complexity index is 551. The lowest BCUT2D eigenvalue weighted by Crippen LogP contribution is -2.10. The second kappa shape index (κ2) is 7.41. The molecule has 2 aromatic rings. The molecule has 0 amide bonds. The van der Waals surface area contributed by atoms with Crippen LogP contribution in [0.4, 0.5) is 0 Å². The third kappa shape index (κ3) is 3.81. The third-order valence-corrected chi connectivity index (χ3v) is 3.85. The maximum Gasteiger partial charge on any atom is 0.133 e. The quantitative estimate of drug-likeness (QED) is 0.782. The number of thioether (sulfide) groups is 1. The van der Waals surface area contributed by atoms with E-state index in [1.54, 1.807) is 11.8 Å². The minimum atomic E-state index is 0.541. The molecule has 0 aliphatic heterocycles. The van der Waals surface area contributed by atoms with Gasteiger partial charge < -0.3 is 14.5 Å². The van der Waals surface area contributed by atoms with Crippen LogP contribution in [-0.4, -0.2) is 12.8 Å². The van der Waals surface area contributed by atoms with Gasteiger partial charge in [-0.25, -0.2) is 0 Å². The Labute approximate surface area is 124 Å². The molecule has 0 bridgehead atoms. The Balaban J connectivity index is 2.01. The summed E-state index contributed by atoms with van der Waals surface area (Å²) in [5, 5.41) is 3.26. The van der Waals surface area contributed by atoms with Gasteiger partial charge in [0.25, 0.3) is 0 Å². The Morgan fingerprint density at radius 2 is 2.10 bits per heavy atom. The first kappa shape index (κ1) is 15.0. The first-order chi connectivity index (χ1) is 9.74. The van der Waals surface area contributed by atoms with Crippen molar-refractivity contribution in [3.63, 3.8) is 0 Å². The number of nitrogens with one attached hydrogen (secondary N) is 1. The Hall–Kier alpha value is -1.39. The van der Waals surface area contributed by atoms with Crippen LogP contribution in [0.25, 0.3) is 0 Å². The molecule has 1 N–H and O–H groups in total. The highest BCUT2D eigenvalue weighted by atomic mass is 32.2. The Morgan fingerprint density at radius 1 is 1.30 bits per heavy atom. The van der Waals surface area contributed by atoms with E-state index in [4.69, 9.17) is 9.15 Å². The number of aryl methyl sites for hydroxylation is 1. The van der Waals surface area contributed by atoms with E-state index in [1.165, 1.54) is 0 Å². The minimum Gasteiger partial charge on any atom is -0.488 e. The summed E-state index contributed by atoms with van der Waals surface area (Å²) in [6.45, 7) is 6.30. The molecule has 0 aliphatic rings. The predicted octanol–water partition coefficient (Wildman–Crippen LogP) is 4.00. The van der Waals surface area contributed by atoms with E-state index in [1.807, 2.05) is 25.1 Å². The average molecular weight is 291 g/mol. The second-order valence-corrected chi connectivity index (χ2v) is 5.36. The van der Waals surface area contributed by atoms with E-state index >= 15 is 0 Å². The van der Waals surface area contributed by atoms with Crippen LogP contribution in [0.3, 0.4) is 0 Å². The van der Waals surface area contributed by atoms with E-state index in [9.17, 15) is 0 Å². The first-order valence-electron chi connectivity index (χ1n) is 6.79. The van der Waals surface area contributed by atoms with E-state index < -0.39 is 0 Å². The molecule has 0 saturated carbocycles. The van der Waals surface area contributed by atoms with Gasteiger partial charge in [-0.15, -0.1) is 11.8 Å². The van der Waals surface area contributed by atoms with Gasteiger partial charge in [0.2, 0.25) is 0 Å². The largest absolute Gasteiger partial charge is 0.488 e. The van der Waals surface area contributed by atoms with Gasteiger partial charge in [0, 0.05) is 10.5 Å². The molecule has 0 aliphatic carbocycles. The highest BCUT2D eigenvalue weighted by Crippen LogP contribution is 2.28. The number of hydrogen-bond donors (Lipinski definition) is 1. The van der Waals surface area contributed by atoms with Gasteiger partial charge in [0.1, 0.15) is 23.9 Å². The van der Waals surface area contributed by atoms with Crippen LogP contribution in [0.2, 0.25) is 0 Å². The molecule has 3 nitrogen and oxygen atoms in total. The molecule has 0 saturated heterocycles. The van der Waals surface area contributed by atoms with Crippen molar-refractivity contribution < 1.29 is 9.15 Å². The fourth-order valence-electron chi connectivity index (χ4n) is 1.96. The van der Waals surface area contributed by atoms with Crippen molar-refractivity contribution in [3.05, 3.63) is 47.4 Å². The van der Waals surface area contributed by atoms with Crippen molar-refractivity contribution in [3.8, 4) is 5.75 Å². The number of furan rings is 1. The van der Waals surface area contributed by atoms with Gasteiger partial charge in [0.15, 0.2) is 0 Å². The number of rotatable bonds is 7. The summed E-state index contributed by atoms with van der Waals surface area (Å²) >= 11 is 1.69. The molecule has 4 heteroatoms. The van der Waals surface area contributed by atoms with Crippen LogP contribution in [-0.2, 0) is 13.2 Å². The van der Waals surface area contributed by atoms with Gasteiger partial charge in [-0.3, -0.25) is 0 Å². The number of hydrogen-bond acceptors (Lipinski definition) is 4. The monoisotopic (exact) mass is 291 g/mol. The first-order valence-corrected chi connectivity index (χ1v) is 8.01. The fourth-order valence-corrected chi connectivity index (χ4v) is 2.50. The molecular weight excluding hydrogens is 270 g/mol. The summed E-state index contributed by atoms with van der Waals surface area (Å²) in [5.41, 5.74) is 1.11. The zero-order valence-electron chi connectivity index (χ0n) is 12.2. The van der Waals surface area contributed by atoms with Gasteiger partial charge in [0.05, 0.1) is 6.54 Å². The molecule has 108 valence electrons. The van der Waals surface area contributed by atoms with Gasteiger partial charge in [-0.05, 0) is 37.9 Å². The second-order valence-electron chi connectivity index (χ2n) is 4.51. The topological polar surface area (TPSA) is 34.4 Å². The SMILES string of the molecule is CCNCc1cc(COc2ccccc2SC)c(C)o1. The lowest BCUT2D eigenvalue weighted by atomic mass is 10.2. The molecule has 1 aromatic heterocycles. The zero-order chi connectivity index (χ0) is 14.4. The van der Waals surface area contributed by atoms with E-state index in [0.717, 1.165) is 40.8 Å². The van der Waals surface area contributed by atoms with Crippen molar-refractivity contribution in [1.82, 2.24) is 5.32 Å². The standard InChI is InChI=1S/C16H21NO2S/c1-4-17-10-14-9-13(12(2)19-14)11-18-15-7-5-6-8-16(15)20-3/h5-9,17H,4,10-11H2,1-3H3. The summed E-state index contributed by atoms with van der Waals surface area (Å²) < 4.78 is 11.6. The normalized spacial score (nSPS) is 10.8. The molecule has 20 heavy (non-hydrogen) atoms. The highest BCUT2D eigenvalue weighted by Gasteiger charge is 2.09. The van der Waals surface area contributed by atoms with Crippen molar-refractivity contribution in [2.45, 2.75) is 31.9 Å². The maximum atomic E-state index is 5.91. The minimum absolute atomic E-state index is 0.541. The van der Waals surface area contributed by atoms with E-state index in [2.05, 4.69) is 30.6 Å². The van der Waals surface area contributed by atoms with Crippen molar-refractivity contribution >= 4 is 11.8 Å². The fraction of sp³-hybridized carbons (Fsp3) is 0.375. The summed E-state index contributed by atoms with van der Waals surface area (Å²) in [4.78, 5) is 1.15. The number of benzene rings is 1. The van der Waals surface area contributed by atoms with Crippen LogP contribution in [0.1, 0.15) is 24.0 Å². The molecule has 0 fully saturated rings. The molecular formula is C16H21NO2S. The molecule has 0 spiro atoms. The maximum absolute atomic E-state index is 5.91.